The van der Waals surface area contributed by atoms with Crippen LogP contribution in [-0.2, 0) is 9.05 Å². The molecule has 0 amide bonds. The standard InChI is InChI=1S/C10H13ClO4S/c1-7(2)15-9-6-4-5-8(14-3)10(9)16(11,12)13/h4-7H,1-3H3. The van der Waals surface area contributed by atoms with Crippen molar-refractivity contribution >= 4 is 19.7 Å². The van der Waals surface area contributed by atoms with E-state index in [1.165, 1.54) is 19.2 Å². The minimum Gasteiger partial charge on any atom is -0.495 e. The molecule has 16 heavy (non-hydrogen) atoms. The average molecular weight is 265 g/mol. The van der Waals surface area contributed by atoms with Crippen LogP contribution in [0.5, 0.6) is 11.5 Å². The molecule has 0 heterocycles. The molecule has 0 aliphatic rings. The summed E-state index contributed by atoms with van der Waals surface area (Å²) in [6.07, 6.45) is -0.149. The molecular formula is C10H13ClO4S. The summed E-state index contributed by atoms with van der Waals surface area (Å²) in [5.41, 5.74) is 0. The third kappa shape index (κ3) is 3.02. The van der Waals surface area contributed by atoms with E-state index in [1.807, 2.05) is 0 Å². The molecule has 0 spiro atoms. The first-order valence-electron chi connectivity index (χ1n) is 4.64. The zero-order valence-corrected chi connectivity index (χ0v) is 10.8. The van der Waals surface area contributed by atoms with Crippen LogP contribution in [0.4, 0.5) is 0 Å². The van der Waals surface area contributed by atoms with E-state index < -0.39 is 9.05 Å². The van der Waals surface area contributed by atoms with Crippen LogP contribution in [0.1, 0.15) is 13.8 Å². The maximum absolute atomic E-state index is 11.4. The van der Waals surface area contributed by atoms with Crippen LogP contribution in [0.25, 0.3) is 0 Å². The second-order valence-corrected chi connectivity index (χ2v) is 5.89. The molecule has 0 aliphatic carbocycles. The van der Waals surface area contributed by atoms with Crippen molar-refractivity contribution in [3.63, 3.8) is 0 Å². The number of hydrogen-bond donors (Lipinski definition) is 0. The molecule has 0 atom stereocenters. The monoisotopic (exact) mass is 264 g/mol. The number of hydrogen-bond acceptors (Lipinski definition) is 4. The molecule has 1 aromatic carbocycles. The van der Waals surface area contributed by atoms with E-state index in [2.05, 4.69) is 0 Å². The van der Waals surface area contributed by atoms with E-state index in [9.17, 15) is 8.42 Å². The van der Waals surface area contributed by atoms with Gasteiger partial charge in [0.15, 0.2) is 4.90 Å². The molecule has 0 saturated heterocycles. The van der Waals surface area contributed by atoms with Gasteiger partial charge in [0.25, 0.3) is 9.05 Å². The van der Waals surface area contributed by atoms with E-state index >= 15 is 0 Å². The van der Waals surface area contributed by atoms with Crippen LogP contribution in [0.2, 0.25) is 0 Å². The molecule has 1 rings (SSSR count). The maximum Gasteiger partial charge on any atom is 0.268 e. The summed E-state index contributed by atoms with van der Waals surface area (Å²) in [5.74, 6) is 0.373. The van der Waals surface area contributed by atoms with Gasteiger partial charge in [-0.2, -0.15) is 0 Å². The molecule has 1 aromatic rings. The summed E-state index contributed by atoms with van der Waals surface area (Å²) in [4.78, 5) is -0.132. The van der Waals surface area contributed by atoms with E-state index in [4.69, 9.17) is 20.2 Å². The summed E-state index contributed by atoms with van der Waals surface area (Å²) in [6, 6.07) is 4.70. The van der Waals surface area contributed by atoms with Gasteiger partial charge >= 0.3 is 0 Å². The largest absolute Gasteiger partial charge is 0.495 e. The van der Waals surface area contributed by atoms with Crippen LogP contribution in [-0.4, -0.2) is 21.6 Å². The highest BCUT2D eigenvalue weighted by Gasteiger charge is 2.23. The lowest BCUT2D eigenvalue weighted by Gasteiger charge is -2.14. The van der Waals surface area contributed by atoms with Crippen LogP contribution >= 0.6 is 10.7 Å². The van der Waals surface area contributed by atoms with Gasteiger partial charge in [-0.1, -0.05) is 6.07 Å². The first kappa shape index (κ1) is 13.1. The van der Waals surface area contributed by atoms with Gasteiger partial charge in [-0.15, -0.1) is 0 Å². The Kier molecular flexibility index (Phi) is 4.04. The fourth-order valence-electron chi connectivity index (χ4n) is 1.24. The van der Waals surface area contributed by atoms with E-state index in [-0.39, 0.29) is 22.5 Å². The molecule has 0 radical (unpaired) electrons. The quantitative estimate of drug-likeness (QED) is 0.784. The first-order chi connectivity index (χ1) is 7.36. The fourth-order valence-corrected chi connectivity index (χ4v) is 2.45. The summed E-state index contributed by atoms with van der Waals surface area (Å²) >= 11 is 0. The third-order valence-corrected chi connectivity index (χ3v) is 3.12. The molecule has 0 aliphatic heterocycles. The summed E-state index contributed by atoms with van der Waals surface area (Å²) in [7, 11) is 2.82. The number of benzene rings is 1. The zero-order chi connectivity index (χ0) is 12.3. The normalized spacial score (nSPS) is 11.6. The molecule has 90 valence electrons. The van der Waals surface area contributed by atoms with Crippen LogP contribution in [0.15, 0.2) is 23.1 Å². The summed E-state index contributed by atoms with van der Waals surface area (Å²) in [6.45, 7) is 3.59. The Labute approximate surface area is 99.6 Å². The molecule has 0 bridgehead atoms. The predicted octanol–water partition coefficient (Wildman–Crippen LogP) is 2.41. The highest BCUT2D eigenvalue weighted by Crippen LogP contribution is 2.35. The topological polar surface area (TPSA) is 52.6 Å². The molecule has 4 nitrogen and oxygen atoms in total. The second-order valence-electron chi connectivity index (χ2n) is 3.39. The molecule has 0 N–H and O–H groups in total. The van der Waals surface area contributed by atoms with Crippen molar-refractivity contribution in [2.45, 2.75) is 24.8 Å². The van der Waals surface area contributed by atoms with Crippen molar-refractivity contribution in [3.05, 3.63) is 18.2 Å². The minimum absolute atomic E-state index is 0.132. The van der Waals surface area contributed by atoms with Crippen molar-refractivity contribution in [3.8, 4) is 11.5 Å². The smallest absolute Gasteiger partial charge is 0.268 e. The Morgan fingerprint density at radius 2 is 1.81 bits per heavy atom. The van der Waals surface area contributed by atoms with Crippen molar-refractivity contribution < 1.29 is 17.9 Å². The van der Waals surface area contributed by atoms with Crippen molar-refractivity contribution in [2.24, 2.45) is 0 Å². The van der Waals surface area contributed by atoms with Gasteiger partial charge in [0, 0.05) is 10.7 Å². The number of halogens is 1. The molecule has 0 saturated carbocycles. The lowest BCUT2D eigenvalue weighted by molar-refractivity contribution is 0.233. The van der Waals surface area contributed by atoms with Crippen molar-refractivity contribution in [1.29, 1.82) is 0 Å². The second kappa shape index (κ2) is 4.93. The highest BCUT2D eigenvalue weighted by atomic mass is 35.7. The molecule has 0 aromatic heterocycles. The fraction of sp³-hybridized carbons (Fsp3) is 0.400. The molecular weight excluding hydrogens is 252 g/mol. The average Bonchev–Trinajstić information content (AvgIpc) is 2.14. The van der Waals surface area contributed by atoms with Crippen LogP contribution < -0.4 is 9.47 Å². The van der Waals surface area contributed by atoms with Gasteiger partial charge in [0.2, 0.25) is 0 Å². The van der Waals surface area contributed by atoms with Crippen molar-refractivity contribution in [1.82, 2.24) is 0 Å². The summed E-state index contributed by atoms with van der Waals surface area (Å²) < 4.78 is 33.2. The Morgan fingerprint density at radius 3 is 2.25 bits per heavy atom. The number of ether oxygens (including phenoxy) is 2. The highest BCUT2D eigenvalue weighted by molar-refractivity contribution is 8.13. The lowest BCUT2D eigenvalue weighted by atomic mass is 10.3. The van der Waals surface area contributed by atoms with Crippen molar-refractivity contribution in [2.75, 3.05) is 7.11 Å². The minimum atomic E-state index is -3.90. The zero-order valence-electron chi connectivity index (χ0n) is 9.23. The molecule has 0 unspecified atom stereocenters. The predicted molar refractivity (Wildman–Crippen MR) is 61.8 cm³/mol. The Morgan fingerprint density at radius 1 is 1.25 bits per heavy atom. The van der Waals surface area contributed by atoms with E-state index in [0.29, 0.717) is 0 Å². The maximum atomic E-state index is 11.4. The molecule has 6 heteroatoms. The van der Waals surface area contributed by atoms with Gasteiger partial charge in [-0.25, -0.2) is 8.42 Å². The van der Waals surface area contributed by atoms with Gasteiger partial charge in [0.05, 0.1) is 13.2 Å². The van der Waals surface area contributed by atoms with E-state index in [0.717, 1.165) is 0 Å². The van der Waals surface area contributed by atoms with Gasteiger partial charge in [-0.3, -0.25) is 0 Å². The van der Waals surface area contributed by atoms with Crippen LogP contribution in [0.3, 0.4) is 0 Å². The summed E-state index contributed by atoms with van der Waals surface area (Å²) in [5, 5.41) is 0. The third-order valence-electron chi connectivity index (χ3n) is 1.77. The Balaban J connectivity index is 3.38. The SMILES string of the molecule is COc1cccc(OC(C)C)c1S(=O)(=O)Cl. The first-order valence-corrected chi connectivity index (χ1v) is 6.95. The van der Waals surface area contributed by atoms with Gasteiger partial charge in [0.1, 0.15) is 11.5 Å². The Bertz CT molecular complexity index is 468. The van der Waals surface area contributed by atoms with E-state index in [1.54, 1.807) is 19.9 Å². The van der Waals surface area contributed by atoms with Gasteiger partial charge in [-0.05, 0) is 26.0 Å². The Hall–Kier alpha value is -0.940. The lowest BCUT2D eigenvalue weighted by Crippen LogP contribution is -2.09. The van der Waals surface area contributed by atoms with Gasteiger partial charge < -0.3 is 9.47 Å². The van der Waals surface area contributed by atoms with Crippen LogP contribution in [0, 0.1) is 0 Å². The number of methoxy groups -OCH3 is 1. The molecule has 0 fully saturated rings. The number of rotatable bonds is 4.